The normalized spacial score (nSPS) is 19.5. The number of rotatable bonds is 11. The number of aliphatic hydroxyl groups is 1. The molecule has 1 aliphatic rings. The van der Waals surface area contributed by atoms with Crippen LogP contribution < -0.4 is 4.74 Å². The van der Waals surface area contributed by atoms with Gasteiger partial charge in [-0.15, -0.1) is 11.8 Å². The van der Waals surface area contributed by atoms with Gasteiger partial charge >= 0.3 is 6.18 Å². The number of pyridine rings is 1. The summed E-state index contributed by atoms with van der Waals surface area (Å²) in [6.07, 6.45) is -2.87. The number of ether oxygens (including phenoxy) is 1. The van der Waals surface area contributed by atoms with E-state index in [0.717, 1.165) is 55.2 Å². The first-order chi connectivity index (χ1) is 18.3. The number of aromatic nitrogens is 1. The summed E-state index contributed by atoms with van der Waals surface area (Å²) in [6, 6.07) is 14.8. The maximum Gasteiger partial charge on any atom is 0.417 e. The Balaban J connectivity index is 1.23. The minimum atomic E-state index is -4.35. The number of methoxy groups -OCH3 is 1. The van der Waals surface area contributed by atoms with Crippen molar-refractivity contribution in [3.8, 4) is 5.75 Å². The van der Waals surface area contributed by atoms with Crippen LogP contribution in [0.2, 0.25) is 0 Å². The fourth-order valence-corrected chi connectivity index (χ4v) is 6.18. The molecule has 1 unspecified atom stereocenters. The van der Waals surface area contributed by atoms with Crippen molar-refractivity contribution >= 4 is 22.7 Å². The van der Waals surface area contributed by atoms with Gasteiger partial charge in [0.15, 0.2) is 0 Å². The molecule has 2 aromatic carbocycles. The van der Waals surface area contributed by atoms with E-state index in [-0.39, 0.29) is 23.3 Å². The molecule has 0 spiro atoms. The van der Waals surface area contributed by atoms with Crippen molar-refractivity contribution in [2.75, 3.05) is 39.1 Å². The Hall–Kier alpha value is -2.36. The summed E-state index contributed by atoms with van der Waals surface area (Å²) >= 11 is 1.23. The summed E-state index contributed by atoms with van der Waals surface area (Å²) in [4.78, 5) is 7.02. The summed E-state index contributed by atoms with van der Waals surface area (Å²) in [5.41, 5.74) is 0.564. The van der Waals surface area contributed by atoms with Crippen LogP contribution in [0.5, 0.6) is 5.75 Å². The molecule has 0 amide bonds. The fourth-order valence-electron chi connectivity index (χ4n) is 5.17. The predicted molar refractivity (Wildman–Crippen MR) is 143 cm³/mol. The van der Waals surface area contributed by atoms with Crippen LogP contribution in [0.1, 0.15) is 43.1 Å². The summed E-state index contributed by atoms with van der Waals surface area (Å²) in [6.45, 7) is 2.37. The smallest absolute Gasteiger partial charge is 0.417 e. The van der Waals surface area contributed by atoms with Crippen LogP contribution in [0.15, 0.2) is 59.5 Å². The molecule has 206 valence electrons. The SMILES string of the molecule is COc1ccc2nc(C(F)CC[C@@H]3CCN(CCCSc4ccccc4C(F)(F)F)C[C@@H]3CO)ccc2c1. The molecule has 2 heterocycles. The Labute approximate surface area is 225 Å². The van der Waals surface area contributed by atoms with E-state index in [1.54, 1.807) is 19.2 Å². The van der Waals surface area contributed by atoms with E-state index < -0.39 is 17.9 Å². The van der Waals surface area contributed by atoms with Gasteiger partial charge in [-0.3, -0.25) is 0 Å². The zero-order valence-electron chi connectivity index (χ0n) is 21.5. The van der Waals surface area contributed by atoms with Crippen LogP contribution in [-0.2, 0) is 6.18 Å². The number of fused-ring (bicyclic) bond motifs is 1. The lowest BCUT2D eigenvalue weighted by molar-refractivity contribution is -0.139. The molecular formula is C29H34F4N2O2S. The molecule has 1 aliphatic heterocycles. The Morgan fingerprint density at radius 1 is 1.13 bits per heavy atom. The maximum absolute atomic E-state index is 15.1. The molecule has 1 aromatic heterocycles. The Kier molecular flexibility index (Phi) is 9.90. The van der Waals surface area contributed by atoms with Crippen molar-refractivity contribution in [1.29, 1.82) is 0 Å². The first-order valence-corrected chi connectivity index (χ1v) is 14.0. The highest BCUT2D eigenvalue weighted by Gasteiger charge is 2.33. The number of benzene rings is 2. The van der Waals surface area contributed by atoms with Crippen molar-refractivity contribution < 1.29 is 27.4 Å². The molecular weight excluding hydrogens is 516 g/mol. The molecule has 3 atom stereocenters. The number of alkyl halides is 4. The maximum atomic E-state index is 15.1. The monoisotopic (exact) mass is 550 g/mol. The molecule has 1 N–H and O–H groups in total. The molecule has 0 aliphatic carbocycles. The van der Waals surface area contributed by atoms with E-state index in [9.17, 15) is 18.3 Å². The van der Waals surface area contributed by atoms with Gasteiger partial charge in [-0.1, -0.05) is 18.2 Å². The van der Waals surface area contributed by atoms with Crippen LogP contribution in [-0.4, -0.2) is 54.1 Å². The predicted octanol–water partition coefficient (Wildman–Crippen LogP) is 7.17. The topological polar surface area (TPSA) is 45.6 Å². The van der Waals surface area contributed by atoms with E-state index in [1.165, 1.54) is 23.9 Å². The van der Waals surface area contributed by atoms with Crippen LogP contribution in [0, 0.1) is 11.8 Å². The number of halogens is 4. The zero-order chi connectivity index (χ0) is 27.1. The van der Waals surface area contributed by atoms with Gasteiger partial charge in [0.05, 0.1) is 23.9 Å². The highest BCUT2D eigenvalue weighted by molar-refractivity contribution is 7.99. The number of hydrogen-bond acceptors (Lipinski definition) is 5. The second-order valence-corrected chi connectivity index (χ2v) is 11.0. The Bertz CT molecular complexity index is 1190. The van der Waals surface area contributed by atoms with Gasteiger partial charge in [0.2, 0.25) is 0 Å². The van der Waals surface area contributed by atoms with Crippen molar-refractivity contribution in [2.45, 2.75) is 42.9 Å². The van der Waals surface area contributed by atoms with Crippen molar-refractivity contribution in [1.82, 2.24) is 9.88 Å². The molecule has 9 heteroatoms. The molecule has 0 saturated carbocycles. The molecule has 3 aromatic rings. The molecule has 38 heavy (non-hydrogen) atoms. The van der Waals surface area contributed by atoms with E-state index in [1.807, 2.05) is 24.3 Å². The third kappa shape index (κ3) is 7.39. The molecule has 4 nitrogen and oxygen atoms in total. The van der Waals surface area contributed by atoms with Gasteiger partial charge < -0.3 is 14.7 Å². The van der Waals surface area contributed by atoms with Gasteiger partial charge in [-0.25, -0.2) is 9.37 Å². The Morgan fingerprint density at radius 2 is 1.95 bits per heavy atom. The van der Waals surface area contributed by atoms with E-state index in [2.05, 4.69) is 9.88 Å². The molecule has 0 bridgehead atoms. The quantitative estimate of drug-likeness (QED) is 0.156. The van der Waals surface area contributed by atoms with Crippen molar-refractivity contribution in [3.05, 3.63) is 65.9 Å². The highest BCUT2D eigenvalue weighted by atomic mass is 32.2. The largest absolute Gasteiger partial charge is 0.497 e. The van der Waals surface area contributed by atoms with Gasteiger partial charge in [0.25, 0.3) is 0 Å². The number of nitrogens with zero attached hydrogens (tertiary/aromatic N) is 2. The lowest BCUT2D eigenvalue weighted by Gasteiger charge is -2.38. The average molecular weight is 551 g/mol. The summed E-state index contributed by atoms with van der Waals surface area (Å²) in [7, 11) is 1.60. The molecule has 1 saturated heterocycles. The standard InChI is InChI=1S/C29H34F4N2O2S/c1-37-23-9-12-26-21(17-23)8-11-27(34-26)25(30)10-7-20-13-15-35(18-22(20)19-36)14-4-16-38-28-6-3-2-5-24(28)29(31,32)33/h2-3,5-6,8-9,11-12,17,20,22,25,36H,4,7,10,13-16,18-19H2,1H3/t20-,22-,25?/m1/s1. The van der Waals surface area contributed by atoms with Crippen molar-refractivity contribution in [2.24, 2.45) is 11.8 Å². The number of likely N-dealkylation sites (tertiary alicyclic amines) is 1. The van der Waals surface area contributed by atoms with E-state index >= 15 is 4.39 Å². The van der Waals surface area contributed by atoms with E-state index in [0.29, 0.717) is 24.3 Å². The van der Waals surface area contributed by atoms with Crippen LogP contribution >= 0.6 is 11.8 Å². The van der Waals surface area contributed by atoms with E-state index in [4.69, 9.17) is 4.74 Å². The number of aliphatic hydroxyl groups excluding tert-OH is 1. The summed E-state index contributed by atoms with van der Waals surface area (Å²) < 4.78 is 59.9. The minimum Gasteiger partial charge on any atom is -0.497 e. The van der Waals surface area contributed by atoms with Crippen LogP contribution in [0.25, 0.3) is 10.9 Å². The van der Waals surface area contributed by atoms with Crippen LogP contribution in [0.4, 0.5) is 17.6 Å². The second-order valence-electron chi connectivity index (χ2n) is 9.83. The summed E-state index contributed by atoms with van der Waals surface area (Å²) in [5.74, 6) is 1.61. The zero-order valence-corrected chi connectivity index (χ0v) is 22.3. The third-order valence-corrected chi connectivity index (χ3v) is 8.47. The highest BCUT2D eigenvalue weighted by Crippen LogP contribution is 2.37. The number of hydrogen-bond donors (Lipinski definition) is 1. The minimum absolute atomic E-state index is 0.0435. The molecule has 4 rings (SSSR count). The first kappa shape index (κ1) is 28.6. The van der Waals surface area contributed by atoms with Gasteiger partial charge in [0.1, 0.15) is 11.9 Å². The van der Waals surface area contributed by atoms with Gasteiger partial charge in [-0.05, 0) is 92.8 Å². The average Bonchev–Trinajstić information content (AvgIpc) is 2.93. The van der Waals surface area contributed by atoms with Crippen LogP contribution in [0.3, 0.4) is 0 Å². The third-order valence-electron chi connectivity index (χ3n) is 7.31. The van der Waals surface area contributed by atoms with Gasteiger partial charge in [-0.2, -0.15) is 13.2 Å². The number of piperidine rings is 1. The van der Waals surface area contributed by atoms with Crippen molar-refractivity contribution in [3.63, 3.8) is 0 Å². The van der Waals surface area contributed by atoms with Gasteiger partial charge in [0, 0.05) is 23.4 Å². The summed E-state index contributed by atoms with van der Waals surface area (Å²) in [5, 5.41) is 10.9. The first-order valence-electron chi connectivity index (χ1n) is 13.0. The molecule has 0 radical (unpaired) electrons. The molecule has 1 fully saturated rings. The lowest BCUT2D eigenvalue weighted by atomic mass is 9.82. The number of thioether (sulfide) groups is 1. The second kappa shape index (κ2) is 13.1. The Morgan fingerprint density at radius 3 is 2.71 bits per heavy atom. The fraction of sp³-hybridized carbons (Fsp3) is 0.483. The lowest BCUT2D eigenvalue weighted by Crippen LogP contribution is -2.42.